The first-order valence-electron chi connectivity index (χ1n) is 11.2. The molecule has 0 spiro atoms. The molecule has 1 rings (SSSR count). The molecule has 4 heteroatoms. The standard InChI is InChI=1S/C16H36N.C8H8O3/c1-5-9-13-17(14-10-6-2,15-11-7-3)16-12-8-4;1-11-7-5-3-2-4-6(7)8(9)10/h5-16H2,1-4H3;2-5H,1H3,(H,9,10)/q+1;/p-1. The van der Waals surface area contributed by atoms with Gasteiger partial charge in [-0.3, -0.25) is 0 Å². The van der Waals surface area contributed by atoms with Crippen LogP contribution in [0.2, 0.25) is 0 Å². The highest BCUT2D eigenvalue weighted by Gasteiger charge is 2.24. The summed E-state index contributed by atoms with van der Waals surface area (Å²) < 4.78 is 6.21. The van der Waals surface area contributed by atoms with E-state index in [1.54, 1.807) is 18.2 Å². The Labute approximate surface area is 173 Å². The third-order valence-electron chi connectivity index (χ3n) is 5.27. The van der Waals surface area contributed by atoms with Crippen LogP contribution in [0, 0.1) is 0 Å². The largest absolute Gasteiger partial charge is 0.545 e. The van der Waals surface area contributed by atoms with Crippen molar-refractivity contribution in [3.8, 4) is 5.75 Å². The summed E-state index contributed by atoms with van der Waals surface area (Å²) >= 11 is 0. The van der Waals surface area contributed by atoms with E-state index < -0.39 is 5.97 Å². The molecule has 0 heterocycles. The molecule has 0 aliphatic rings. The van der Waals surface area contributed by atoms with Crippen LogP contribution in [0.15, 0.2) is 24.3 Å². The lowest BCUT2D eigenvalue weighted by molar-refractivity contribution is -0.929. The van der Waals surface area contributed by atoms with Gasteiger partial charge in [0, 0.05) is 5.56 Å². The molecule has 0 aromatic heterocycles. The molecule has 1 aromatic rings. The van der Waals surface area contributed by atoms with Gasteiger partial charge in [0.15, 0.2) is 0 Å². The number of unbranched alkanes of at least 4 members (excludes halogenated alkanes) is 4. The van der Waals surface area contributed by atoms with Gasteiger partial charge in [0.1, 0.15) is 5.75 Å². The summed E-state index contributed by atoms with van der Waals surface area (Å²) in [5.41, 5.74) is 0.0787. The van der Waals surface area contributed by atoms with Crippen molar-refractivity contribution in [2.24, 2.45) is 0 Å². The van der Waals surface area contributed by atoms with Gasteiger partial charge in [-0.25, -0.2) is 0 Å². The van der Waals surface area contributed by atoms with Crippen LogP contribution in [0.4, 0.5) is 0 Å². The number of benzene rings is 1. The number of carbonyl (C=O) groups is 1. The van der Waals surface area contributed by atoms with Crippen LogP contribution in [-0.2, 0) is 0 Å². The van der Waals surface area contributed by atoms with E-state index >= 15 is 0 Å². The van der Waals surface area contributed by atoms with Crippen molar-refractivity contribution >= 4 is 5.97 Å². The molecule has 162 valence electrons. The summed E-state index contributed by atoms with van der Waals surface area (Å²) in [4.78, 5) is 10.4. The van der Waals surface area contributed by atoms with Crippen molar-refractivity contribution in [1.82, 2.24) is 0 Å². The Bertz CT molecular complexity index is 479. The van der Waals surface area contributed by atoms with Crippen LogP contribution in [0.1, 0.15) is 89.4 Å². The van der Waals surface area contributed by atoms with Gasteiger partial charge in [-0.2, -0.15) is 0 Å². The first kappa shape index (κ1) is 26.4. The second-order valence-corrected chi connectivity index (χ2v) is 7.64. The Morgan fingerprint density at radius 1 is 0.821 bits per heavy atom. The van der Waals surface area contributed by atoms with E-state index in [-0.39, 0.29) is 5.56 Å². The van der Waals surface area contributed by atoms with Crippen LogP contribution in [0.25, 0.3) is 0 Å². The van der Waals surface area contributed by atoms with Crippen LogP contribution in [0.5, 0.6) is 5.75 Å². The van der Waals surface area contributed by atoms with E-state index in [0.29, 0.717) is 5.75 Å². The fraction of sp³-hybridized carbons (Fsp3) is 0.708. The summed E-state index contributed by atoms with van der Waals surface area (Å²) in [7, 11) is 1.42. The van der Waals surface area contributed by atoms with Crippen LogP contribution in [-0.4, -0.2) is 43.7 Å². The molecule has 0 bridgehead atoms. The van der Waals surface area contributed by atoms with Crippen molar-refractivity contribution in [2.75, 3.05) is 33.3 Å². The lowest BCUT2D eigenvalue weighted by Gasteiger charge is -2.39. The Morgan fingerprint density at radius 2 is 1.21 bits per heavy atom. The van der Waals surface area contributed by atoms with Crippen molar-refractivity contribution in [2.45, 2.75) is 79.1 Å². The van der Waals surface area contributed by atoms with Gasteiger partial charge in [-0.05, 0) is 37.8 Å². The van der Waals surface area contributed by atoms with Crippen LogP contribution < -0.4 is 9.84 Å². The SMILES string of the molecule is CCCC[N+](CCCC)(CCCC)CCCC.COc1ccccc1C(=O)[O-]. The number of carbonyl (C=O) groups excluding carboxylic acids is 1. The number of nitrogens with zero attached hydrogens (tertiary/aromatic N) is 1. The molecule has 0 radical (unpaired) electrons. The van der Waals surface area contributed by atoms with Gasteiger partial charge < -0.3 is 19.1 Å². The lowest BCUT2D eigenvalue weighted by Crippen LogP contribution is -2.50. The zero-order chi connectivity index (χ0) is 21.3. The van der Waals surface area contributed by atoms with E-state index in [9.17, 15) is 9.90 Å². The molecular weight excluding hydrogens is 350 g/mol. The highest BCUT2D eigenvalue weighted by atomic mass is 16.5. The van der Waals surface area contributed by atoms with Gasteiger partial charge in [0.25, 0.3) is 0 Å². The summed E-state index contributed by atoms with van der Waals surface area (Å²) in [6.45, 7) is 15.0. The maximum Gasteiger partial charge on any atom is 0.127 e. The minimum Gasteiger partial charge on any atom is -0.545 e. The number of carboxylic acids is 1. The van der Waals surface area contributed by atoms with E-state index in [2.05, 4.69) is 27.7 Å². The van der Waals surface area contributed by atoms with Crippen LogP contribution in [0.3, 0.4) is 0 Å². The second kappa shape index (κ2) is 16.4. The predicted octanol–water partition coefficient (Wildman–Crippen LogP) is 5.06. The highest BCUT2D eigenvalue weighted by molar-refractivity contribution is 5.89. The molecule has 0 aliphatic carbocycles. The number of para-hydroxylation sites is 1. The zero-order valence-electron chi connectivity index (χ0n) is 19.0. The van der Waals surface area contributed by atoms with Crippen molar-refractivity contribution in [3.05, 3.63) is 29.8 Å². The molecule has 0 fully saturated rings. The van der Waals surface area contributed by atoms with Crippen molar-refractivity contribution < 1.29 is 19.1 Å². The number of carboxylic acid groups (broad SMARTS) is 1. The van der Waals surface area contributed by atoms with E-state index in [1.165, 1.54) is 95.2 Å². The number of rotatable bonds is 14. The quantitative estimate of drug-likeness (QED) is 0.415. The van der Waals surface area contributed by atoms with E-state index in [4.69, 9.17) is 4.74 Å². The maximum atomic E-state index is 10.4. The lowest BCUT2D eigenvalue weighted by atomic mass is 10.1. The molecule has 1 aromatic carbocycles. The molecule has 0 saturated heterocycles. The Balaban J connectivity index is 0.000000567. The molecule has 4 nitrogen and oxygen atoms in total. The maximum absolute atomic E-state index is 10.4. The Hall–Kier alpha value is -1.55. The molecular formula is C24H43NO3. The summed E-state index contributed by atoms with van der Waals surface area (Å²) in [5.74, 6) is -0.894. The molecule has 0 amide bonds. The summed E-state index contributed by atoms with van der Waals surface area (Å²) in [6.07, 6.45) is 11.1. The summed E-state index contributed by atoms with van der Waals surface area (Å²) in [5, 5.41) is 10.4. The molecule has 0 saturated carbocycles. The zero-order valence-corrected chi connectivity index (χ0v) is 19.0. The number of methoxy groups -OCH3 is 1. The number of quaternary nitrogens is 1. The number of hydrogen-bond donors (Lipinski definition) is 0. The fourth-order valence-electron chi connectivity index (χ4n) is 3.46. The third kappa shape index (κ3) is 10.7. The fourth-order valence-corrected chi connectivity index (χ4v) is 3.46. The van der Waals surface area contributed by atoms with E-state index in [0.717, 1.165) is 0 Å². The van der Waals surface area contributed by atoms with Gasteiger partial charge in [-0.1, -0.05) is 65.5 Å². The average Bonchev–Trinajstić information content (AvgIpc) is 2.73. The number of ether oxygens (including phenoxy) is 1. The Kier molecular flexibility index (Phi) is 15.5. The highest BCUT2D eigenvalue weighted by Crippen LogP contribution is 2.17. The Morgan fingerprint density at radius 3 is 1.50 bits per heavy atom. The smallest absolute Gasteiger partial charge is 0.127 e. The number of hydrogen-bond acceptors (Lipinski definition) is 3. The third-order valence-corrected chi connectivity index (χ3v) is 5.27. The second-order valence-electron chi connectivity index (χ2n) is 7.64. The minimum absolute atomic E-state index is 0.0787. The van der Waals surface area contributed by atoms with Gasteiger partial charge in [0.2, 0.25) is 0 Å². The normalized spacial score (nSPS) is 10.9. The number of aromatic carboxylic acids is 1. The average molecular weight is 394 g/mol. The monoisotopic (exact) mass is 393 g/mol. The first-order valence-corrected chi connectivity index (χ1v) is 11.2. The van der Waals surface area contributed by atoms with Gasteiger partial charge >= 0.3 is 0 Å². The van der Waals surface area contributed by atoms with Gasteiger partial charge in [0.05, 0.1) is 39.3 Å². The van der Waals surface area contributed by atoms with E-state index in [1.807, 2.05) is 0 Å². The molecule has 0 atom stereocenters. The summed E-state index contributed by atoms with van der Waals surface area (Å²) in [6, 6.07) is 6.33. The van der Waals surface area contributed by atoms with Crippen molar-refractivity contribution in [3.63, 3.8) is 0 Å². The topological polar surface area (TPSA) is 49.4 Å². The molecule has 28 heavy (non-hydrogen) atoms. The molecule has 0 aliphatic heterocycles. The predicted molar refractivity (Wildman–Crippen MR) is 117 cm³/mol. The minimum atomic E-state index is -1.22. The van der Waals surface area contributed by atoms with Gasteiger partial charge in [-0.15, -0.1) is 0 Å². The molecule has 0 unspecified atom stereocenters. The molecule has 0 N–H and O–H groups in total. The van der Waals surface area contributed by atoms with Crippen LogP contribution >= 0.6 is 0 Å². The van der Waals surface area contributed by atoms with Crippen molar-refractivity contribution in [1.29, 1.82) is 0 Å². The first-order chi connectivity index (χ1) is 13.5.